The van der Waals surface area contributed by atoms with Crippen molar-refractivity contribution < 1.29 is 5.11 Å². The fourth-order valence-corrected chi connectivity index (χ4v) is 1.11. The quantitative estimate of drug-likeness (QED) is 0.576. The number of allylic oxidation sites excluding steroid dienone is 2. The van der Waals surface area contributed by atoms with Gasteiger partial charge in [0.05, 0.1) is 11.6 Å². The van der Waals surface area contributed by atoms with Crippen molar-refractivity contribution >= 4 is 0 Å². The fraction of sp³-hybridized carbons (Fsp3) is 0.667. The zero-order valence-corrected chi connectivity index (χ0v) is 15.5. The summed E-state index contributed by atoms with van der Waals surface area (Å²) in [5.74, 6) is 1.44. The molecule has 0 aromatic heterocycles. The zero-order chi connectivity index (χ0) is 18.1. The summed E-state index contributed by atoms with van der Waals surface area (Å²) in [6.07, 6.45) is 4.86. The molecule has 1 unspecified atom stereocenters. The summed E-state index contributed by atoms with van der Waals surface area (Å²) in [7, 11) is 1.93. The number of hydrogen-bond donors (Lipinski definition) is 3. The molecule has 0 amide bonds. The minimum atomic E-state index is 0.272. The second kappa shape index (κ2) is 17.5. The molecule has 0 heterocycles. The summed E-state index contributed by atoms with van der Waals surface area (Å²) in [4.78, 5) is 1.93. The second-order valence-electron chi connectivity index (χ2n) is 5.63. The minimum Gasteiger partial charge on any atom is -0.513 e. The molecule has 0 radical (unpaired) electrons. The van der Waals surface area contributed by atoms with Crippen LogP contribution in [0.1, 0.15) is 59.8 Å². The molecule has 5 N–H and O–H groups in total. The lowest BCUT2D eigenvalue weighted by Gasteiger charge is -2.20. The maximum absolute atomic E-state index is 8.93. The smallest absolute Gasteiger partial charge is 0.0909 e. The van der Waals surface area contributed by atoms with E-state index in [2.05, 4.69) is 40.5 Å². The Balaban J connectivity index is -0.000000373. The summed E-state index contributed by atoms with van der Waals surface area (Å²) in [5.41, 5.74) is 11.4. The van der Waals surface area contributed by atoms with Gasteiger partial charge in [0.25, 0.3) is 0 Å². The Hall–Kier alpha value is -1.58. The van der Waals surface area contributed by atoms with Gasteiger partial charge < -0.3 is 21.5 Å². The topological polar surface area (TPSA) is 75.5 Å². The number of rotatable bonds is 8. The van der Waals surface area contributed by atoms with Crippen LogP contribution >= 0.6 is 0 Å². The first-order valence-corrected chi connectivity index (χ1v) is 8.07. The molecule has 4 heteroatoms. The first kappa shape index (κ1) is 25.4. The van der Waals surface area contributed by atoms with E-state index in [1.165, 1.54) is 6.42 Å². The summed E-state index contributed by atoms with van der Waals surface area (Å²) < 4.78 is 0. The van der Waals surface area contributed by atoms with Crippen LogP contribution in [0.3, 0.4) is 0 Å². The Morgan fingerprint density at radius 1 is 1.09 bits per heavy atom. The maximum Gasteiger partial charge on any atom is 0.0909 e. The molecular formula is C18H39N3O. The average Bonchev–Trinajstić information content (AvgIpc) is 2.43. The molecule has 0 aliphatic rings. The van der Waals surface area contributed by atoms with Crippen molar-refractivity contribution in [2.45, 2.75) is 59.8 Å². The lowest BCUT2D eigenvalue weighted by atomic mass is 10.0. The van der Waals surface area contributed by atoms with E-state index in [4.69, 9.17) is 16.6 Å². The van der Waals surface area contributed by atoms with Crippen LogP contribution in [0.4, 0.5) is 0 Å². The predicted octanol–water partition coefficient (Wildman–Crippen LogP) is 4.51. The standard InChI is InChI=1S/C11H22N2O.C4H9N.C3H8/c1-9(5-6-10(2)14)7-8-13(4)11(3)12;1-3-4(2)5;1-3-2/h9,14H,2-3,5-8,12H2,1,4H3;2-3,5H2,1H3;3H2,1-2H3. The highest BCUT2D eigenvalue weighted by Crippen LogP contribution is 2.13. The maximum atomic E-state index is 8.93. The summed E-state index contributed by atoms with van der Waals surface area (Å²) >= 11 is 0. The van der Waals surface area contributed by atoms with Crippen LogP contribution in [0.2, 0.25) is 0 Å². The number of aliphatic hydroxyl groups excluding tert-OH is 1. The minimum absolute atomic E-state index is 0.272. The van der Waals surface area contributed by atoms with Crippen LogP contribution in [0.25, 0.3) is 0 Å². The second-order valence-corrected chi connectivity index (χ2v) is 5.63. The van der Waals surface area contributed by atoms with Crippen LogP contribution in [-0.4, -0.2) is 23.6 Å². The molecule has 0 spiro atoms. The molecule has 0 fully saturated rings. The van der Waals surface area contributed by atoms with Crippen LogP contribution in [0, 0.1) is 5.92 Å². The number of nitrogens with two attached hydrogens (primary N) is 2. The van der Waals surface area contributed by atoms with E-state index in [9.17, 15) is 0 Å². The van der Waals surface area contributed by atoms with Gasteiger partial charge in [0, 0.05) is 25.7 Å². The Morgan fingerprint density at radius 2 is 1.50 bits per heavy atom. The van der Waals surface area contributed by atoms with Crippen LogP contribution in [-0.2, 0) is 0 Å². The number of hydrogen-bond acceptors (Lipinski definition) is 4. The number of nitrogens with zero attached hydrogens (tertiary/aromatic N) is 1. The Labute approximate surface area is 138 Å². The molecule has 4 nitrogen and oxygen atoms in total. The first-order valence-electron chi connectivity index (χ1n) is 8.07. The highest BCUT2D eigenvalue weighted by Gasteiger charge is 2.05. The van der Waals surface area contributed by atoms with Crippen LogP contribution in [0.5, 0.6) is 0 Å². The van der Waals surface area contributed by atoms with E-state index >= 15 is 0 Å². The van der Waals surface area contributed by atoms with E-state index in [0.717, 1.165) is 31.5 Å². The third-order valence-electron chi connectivity index (χ3n) is 2.83. The lowest BCUT2D eigenvalue weighted by molar-refractivity contribution is 0.334. The highest BCUT2D eigenvalue weighted by atomic mass is 16.3. The molecule has 22 heavy (non-hydrogen) atoms. The van der Waals surface area contributed by atoms with Crippen molar-refractivity contribution in [1.82, 2.24) is 4.90 Å². The van der Waals surface area contributed by atoms with E-state index in [0.29, 0.717) is 18.2 Å². The monoisotopic (exact) mass is 313 g/mol. The van der Waals surface area contributed by atoms with Gasteiger partial charge >= 0.3 is 0 Å². The molecule has 132 valence electrons. The van der Waals surface area contributed by atoms with Crippen molar-refractivity contribution in [3.05, 3.63) is 37.0 Å². The average molecular weight is 314 g/mol. The first-order chi connectivity index (χ1) is 10.1. The molecule has 0 saturated heterocycles. The summed E-state index contributed by atoms with van der Waals surface area (Å²) in [5, 5.41) is 8.93. The molecule has 0 aromatic rings. The molecule has 0 aliphatic heterocycles. The lowest BCUT2D eigenvalue weighted by Crippen LogP contribution is -2.24. The SMILES string of the molecule is C=C(N)CC.C=C(O)CCC(C)CCN(C)C(=C)N.CCC. The van der Waals surface area contributed by atoms with Gasteiger partial charge in [-0.1, -0.05) is 53.9 Å². The Bertz CT molecular complexity index is 301. The van der Waals surface area contributed by atoms with Gasteiger partial charge in [-0.3, -0.25) is 0 Å². The van der Waals surface area contributed by atoms with Crippen molar-refractivity contribution in [3.63, 3.8) is 0 Å². The van der Waals surface area contributed by atoms with Crippen molar-refractivity contribution in [3.8, 4) is 0 Å². The third-order valence-corrected chi connectivity index (χ3v) is 2.83. The fourth-order valence-electron chi connectivity index (χ4n) is 1.11. The third kappa shape index (κ3) is 26.9. The summed E-state index contributed by atoms with van der Waals surface area (Å²) in [6, 6.07) is 0. The van der Waals surface area contributed by atoms with E-state index in [1.807, 2.05) is 18.9 Å². The largest absolute Gasteiger partial charge is 0.513 e. The van der Waals surface area contributed by atoms with Gasteiger partial charge in [0.1, 0.15) is 0 Å². The van der Waals surface area contributed by atoms with Crippen molar-refractivity contribution in [1.29, 1.82) is 0 Å². The van der Waals surface area contributed by atoms with Crippen molar-refractivity contribution in [2.24, 2.45) is 17.4 Å². The number of aliphatic hydroxyl groups is 1. The van der Waals surface area contributed by atoms with Gasteiger partial charge in [-0.15, -0.1) is 0 Å². The van der Waals surface area contributed by atoms with Gasteiger partial charge in [0.15, 0.2) is 0 Å². The predicted molar refractivity (Wildman–Crippen MR) is 100 cm³/mol. The van der Waals surface area contributed by atoms with Gasteiger partial charge in [-0.25, -0.2) is 0 Å². The molecule has 0 rings (SSSR count). The van der Waals surface area contributed by atoms with Crippen LogP contribution in [0.15, 0.2) is 37.0 Å². The van der Waals surface area contributed by atoms with Gasteiger partial charge in [-0.05, 0) is 25.2 Å². The molecule has 1 atom stereocenters. The van der Waals surface area contributed by atoms with E-state index in [1.54, 1.807) is 0 Å². The molecule has 0 saturated carbocycles. The highest BCUT2D eigenvalue weighted by molar-refractivity contribution is 4.84. The van der Waals surface area contributed by atoms with Crippen molar-refractivity contribution in [2.75, 3.05) is 13.6 Å². The van der Waals surface area contributed by atoms with E-state index in [-0.39, 0.29) is 5.76 Å². The summed E-state index contributed by atoms with van der Waals surface area (Å²) in [6.45, 7) is 19.9. The van der Waals surface area contributed by atoms with Gasteiger partial charge in [0.2, 0.25) is 0 Å². The Morgan fingerprint density at radius 3 is 1.77 bits per heavy atom. The van der Waals surface area contributed by atoms with Crippen LogP contribution < -0.4 is 11.5 Å². The molecule has 0 aliphatic carbocycles. The Kier molecular flexibility index (Phi) is 20.2. The van der Waals surface area contributed by atoms with E-state index < -0.39 is 0 Å². The molecule has 0 bridgehead atoms. The molecular weight excluding hydrogens is 274 g/mol. The normalized spacial score (nSPS) is 10.2. The zero-order valence-electron chi connectivity index (χ0n) is 15.5. The van der Waals surface area contributed by atoms with Gasteiger partial charge in [-0.2, -0.15) is 0 Å². The molecule has 0 aromatic carbocycles.